The number of hydrogen-bond acceptors (Lipinski definition) is 3. The first-order valence-electron chi connectivity index (χ1n) is 7.09. The third-order valence-electron chi connectivity index (χ3n) is 3.52. The maximum Gasteiger partial charge on any atom is 0.226 e. The summed E-state index contributed by atoms with van der Waals surface area (Å²) in [6, 6.07) is 11.5. The van der Waals surface area contributed by atoms with Crippen LogP contribution in [0.3, 0.4) is 0 Å². The van der Waals surface area contributed by atoms with Gasteiger partial charge in [-0.25, -0.2) is 0 Å². The van der Waals surface area contributed by atoms with Gasteiger partial charge in [0.1, 0.15) is 5.75 Å². The normalized spacial score (nSPS) is 10.6. The Hall–Kier alpha value is -2.82. The molecule has 0 fully saturated rings. The second-order valence-corrected chi connectivity index (χ2v) is 4.97. The third kappa shape index (κ3) is 3.09. The van der Waals surface area contributed by atoms with Crippen molar-refractivity contribution in [3.8, 4) is 5.75 Å². The van der Waals surface area contributed by atoms with Crippen LogP contribution in [0.15, 0.2) is 55.0 Å². The fraction of sp³-hybridized carbons (Fsp3) is 0.176. The summed E-state index contributed by atoms with van der Waals surface area (Å²) in [7, 11) is 1.65. The Morgan fingerprint density at radius 2 is 2.05 bits per heavy atom. The number of carbonyl (C=O) groups excluding carboxylic acids is 1. The monoisotopic (exact) mass is 295 g/mol. The number of pyridine rings is 1. The molecule has 0 unspecified atom stereocenters. The van der Waals surface area contributed by atoms with Crippen LogP contribution in [0.1, 0.15) is 6.42 Å². The number of nitrogens with zero attached hydrogens (tertiary/aromatic N) is 2. The molecule has 22 heavy (non-hydrogen) atoms. The number of nitrogens with one attached hydrogen (secondary N) is 1. The minimum absolute atomic E-state index is 0.0124. The van der Waals surface area contributed by atoms with Crippen LogP contribution in [0.25, 0.3) is 10.9 Å². The van der Waals surface area contributed by atoms with Gasteiger partial charge in [-0.3, -0.25) is 9.78 Å². The molecule has 112 valence electrons. The van der Waals surface area contributed by atoms with Crippen LogP contribution in [-0.2, 0) is 11.3 Å². The molecule has 0 spiro atoms. The Morgan fingerprint density at radius 3 is 2.82 bits per heavy atom. The second kappa shape index (κ2) is 6.30. The number of anilines is 1. The van der Waals surface area contributed by atoms with E-state index in [2.05, 4.69) is 14.9 Å². The van der Waals surface area contributed by atoms with E-state index in [1.807, 2.05) is 30.5 Å². The third-order valence-corrected chi connectivity index (χ3v) is 3.52. The van der Waals surface area contributed by atoms with E-state index in [0.717, 1.165) is 22.3 Å². The predicted octanol–water partition coefficient (Wildman–Crippen LogP) is 3.07. The Kier molecular flexibility index (Phi) is 4.05. The summed E-state index contributed by atoms with van der Waals surface area (Å²) in [4.78, 5) is 15.9. The summed E-state index contributed by atoms with van der Waals surface area (Å²) in [6.07, 6.45) is 5.72. The van der Waals surface area contributed by atoms with Gasteiger partial charge in [0.15, 0.2) is 0 Å². The first-order valence-corrected chi connectivity index (χ1v) is 7.09. The largest absolute Gasteiger partial charge is 0.497 e. The van der Waals surface area contributed by atoms with Gasteiger partial charge in [-0.1, -0.05) is 0 Å². The zero-order valence-electron chi connectivity index (χ0n) is 12.3. The van der Waals surface area contributed by atoms with Gasteiger partial charge in [-0.2, -0.15) is 0 Å². The molecule has 0 saturated heterocycles. The number of aryl methyl sites for hydroxylation is 1. The highest BCUT2D eigenvalue weighted by atomic mass is 16.5. The number of ether oxygens (including phenoxy) is 1. The van der Waals surface area contributed by atoms with Crippen LogP contribution < -0.4 is 10.1 Å². The molecule has 1 N–H and O–H groups in total. The van der Waals surface area contributed by atoms with E-state index in [0.29, 0.717) is 13.0 Å². The summed E-state index contributed by atoms with van der Waals surface area (Å²) in [5.74, 6) is 0.822. The van der Waals surface area contributed by atoms with E-state index in [-0.39, 0.29) is 5.91 Å². The lowest BCUT2D eigenvalue weighted by molar-refractivity contribution is -0.116. The Labute approximate surface area is 128 Å². The SMILES string of the molecule is COc1ccc2c(ccn2CCC(=O)Nc2ccncc2)c1. The van der Waals surface area contributed by atoms with Crippen molar-refractivity contribution in [2.45, 2.75) is 13.0 Å². The summed E-state index contributed by atoms with van der Waals surface area (Å²) in [5.41, 5.74) is 1.86. The highest BCUT2D eigenvalue weighted by molar-refractivity contribution is 5.90. The lowest BCUT2D eigenvalue weighted by Crippen LogP contribution is -2.14. The molecule has 3 aromatic rings. The predicted molar refractivity (Wildman–Crippen MR) is 86.0 cm³/mol. The molecular formula is C17H17N3O2. The lowest BCUT2D eigenvalue weighted by atomic mass is 10.2. The van der Waals surface area contributed by atoms with Crippen molar-refractivity contribution in [2.75, 3.05) is 12.4 Å². The maximum absolute atomic E-state index is 12.0. The molecule has 5 heteroatoms. The number of fused-ring (bicyclic) bond motifs is 1. The average Bonchev–Trinajstić information content (AvgIpc) is 2.96. The van der Waals surface area contributed by atoms with Crippen molar-refractivity contribution in [1.29, 1.82) is 0 Å². The number of benzene rings is 1. The minimum atomic E-state index is -0.0124. The molecule has 1 amide bonds. The molecule has 0 aliphatic heterocycles. The molecule has 0 aliphatic rings. The van der Waals surface area contributed by atoms with E-state index >= 15 is 0 Å². The summed E-state index contributed by atoms with van der Waals surface area (Å²) in [6.45, 7) is 0.632. The molecule has 0 radical (unpaired) electrons. The smallest absolute Gasteiger partial charge is 0.226 e. The van der Waals surface area contributed by atoms with Crippen LogP contribution in [0.2, 0.25) is 0 Å². The number of aromatic nitrogens is 2. The fourth-order valence-electron chi connectivity index (χ4n) is 2.38. The van der Waals surface area contributed by atoms with Crippen molar-refractivity contribution in [3.63, 3.8) is 0 Å². The lowest BCUT2D eigenvalue weighted by Gasteiger charge is -2.07. The Morgan fingerprint density at radius 1 is 1.23 bits per heavy atom. The first kappa shape index (κ1) is 14.1. The molecule has 2 aromatic heterocycles. The number of hydrogen-bond donors (Lipinski definition) is 1. The maximum atomic E-state index is 12.0. The van der Waals surface area contributed by atoms with Crippen molar-refractivity contribution in [2.24, 2.45) is 0 Å². The summed E-state index contributed by atoms with van der Waals surface area (Å²) >= 11 is 0. The van der Waals surface area contributed by atoms with E-state index in [4.69, 9.17) is 4.74 Å². The van der Waals surface area contributed by atoms with Gasteiger partial charge in [-0.15, -0.1) is 0 Å². The number of amides is 1. The quantitative estimate of drug-likeness (QED) is 0.787. The van der Waals surface area contributed by atoms with Crippen LogP contribution in [0.4, 0.5) is 5.69 Å². The number of carbonyl (C=O) groups is 1. The summed E-state index contributed by atoms with van der Waals surface area (Å²) in [5, 5.41) is 3.96. The Balaban J connectivity index is 1.65. The zero-order chi connectivity index (χ0) is 15.4. The molecule has 0 saturated carbocycles. The van der Waals surface area contributed by atoms with Gasteiger partial charge in [0.25, 0.3) is 0 Å². The van der Waals surface area contributed by atoms with E-state index in [9.17, 15) is 4.79 Å². The standard InChI is InChI=1S/C17H17N3O2/c1-22-15-2-3-16-13(12-15)6-10-20(16)11-7-17(21)19-14-4-8-18-9-5-14/h2-6,8-10,12H,7,11H2,1H3,(H,18,19,21). The van der Waals surface area contributed by atoms with Crippen molar-refractivity contribution >= 4 is 22.5 Å². The molecule has 0 atom stereocenters. The van der Waals surface area contributed by atoms with Crippen LogP contribution >= 0.6 is 0 Å². The summed E-state index contributed by atoms with van der Waals surface area (Å²) < 4.78 is 7.29. The van der Waals surface area contributed by atoms with Crippen molar-refractivity contribution in [1.82, 2.24) is 9.55 Å². The van der Waals surface area contributed by atoms with Crippen LogP contribution in [0, 0.1) is 0 Å². The molecule has 0 bridgehead atoms. The van der Waals surface area contributed by atoms with E-state index in [1.54, 1.807) is 31.6 Å². The van der Waals surface area contributed by atoms with Gasteiger partial charge in [0, 0.05) is 48.1 Å². The number of rotatable bonds is 5. The van der Waals surface area contributed by atoms with Gasteiger partial charge < -0.3 is 14.6 Å². The molecule has 0 aliphatic carbocycles. The van der Waals surface area contributed by atoms with Gasteiger partial charge in [0.2, 0.25) is 5.91 Å². The van der Waals surface area contributed by atoms with Gasteiger partial charge in [-0.05, 0) is 36.4 Å². The van der Waals surface area contributed by atoms with E-state index in [1.165, 1.54) is 0 Å². The molecule has 2 heterocycles. The molecule has 1 aromatic carbocycles. The molecular weight excluding hydrogens is 278 g/mol. The van der Waals surface area contributed by atoms with Crippen molar-refractivity contribution in [3.05, 3.63) is 55.0 Å². The van der Waals surface area contributed by atoms with Gasteiger partial charge >= 0.3 is 0 Å². The topological polar surface area (TPSA) is 56.1 Å². The highest BCUT2D eigenvalue weighted by Gasteiger charge is 2.06. The molecule has 5 nitrogen and oxygen atoms in total. The van der Waals surface area contributed by atoms with Crippen LogP contribution in [0.5, 0.6) is 5.75 Å². The van der Waals surface area contributed by atoms with Crippen molar-refractivity contribution < 1.29 is 9.53 Å². The Bertz CT molecular complexity index is 781. The van der Waals surface area contributed by atoms with E-state index < -0.39 is 0 Å². The average molecular weight is 295 g/mol. The minimum Gasteiger partial charge on any atom is -0.497 e. The zero-order valence-corrected chi connectivity index (χ0v) is 12.3. The van der Waals surface area contributed by atoms with Crippen LogP contribution in [-0.4, -0.2) is 22.6 Å². The highest BCUT2D eigenvalue weighted by Crippen LogP contribution is 2.22. The molecule has 3 rings (SSSR count). The first-order chi connectivity index (χ1) is 10.8. The second-order valence-electron chi connectivity index (χ2n) is 4.97. The number of methoxy groups -OCH3 is 1. The fourth-order valence-corrected chi connectivity index (χ4v) is 2.38. The van der Waals surface area contributed by atoms with Gasteiger partial charge in [0.05, 0.1) is 7.11 Å².